The number of aromatic nitrogens is 4. The Morgan fingerprint density at radius 2 is 2.16 bits per heavy atom. The maximum atomic E-state index is 12.3. The van der Waals surface area contributed by atoms with Gasteiger partial charge in [0.25, 0.3) is 0 Å². The summed E-state index contributed by atoms with van der Waals surface area (Å²) in [6.45, 7) is 12.2. The number of likely N-dealkylation sites (tertiary alicyclic amines) is 1. The maximum absolute atomic E-state index is 12.3. The molecule has 1 aliphatic rings. The van der Waals surface area contributed by atoms with Crippen molar-refractivity contribution >= 4 is 16.9 Å². The van der Waals surface area contributed by atoms with Crippen LogP contribution < -0.4 is 5.32 Å². The number of nitrogens with zero attached hydrogens (tertiary/aromatic N) is 5. The van der Waals surface area contributed by atoms with E-state index < -0.39 is 0 Å². The van der Waals surface area contributed by atoms with Gasteiger partial charge in [-0.3, -0.25) is 19.1 Å². The van der Waals surface area contributed by atoms with Crippen molar-refractivity contribution in [1.82, 2.24) is 29.8 Å². The number of carbonyl (C=O) groups is 1. The van der Waals surface area contributed by atoms with Crippen LogP contribution in [0, 0.1) is 6.92 Å². The van der Waals surface area contributed by atoms with E-state index >= 15 is 0 Å². The largest absolute Gasteiger partial charge is 0.353 e. The smallest absolute Gasteiger partial charge is 0.222 e. The van der Waals surface area contributed by atoms with Crippen molar-refractivity contribution in [3.63, 3.8) is 0 Å². The Balaban J connectivity index is 1.51. The lowest BCUT2D eigenvalue weighted by Gasteiger charge is -2.31. The number of hydrogen-bond acceptors (Lipinski definition) is 4. The molecule has 0 unspecified atom stereocenters. The van der Waals surface area contributed by atoms with Crippen LogP contribution in [0.3, 0.4) is 0 Å². The van der Waals surface area contributed by atoms with Gasteiger partial charge in [-0.05, 0) is 26.7 Å². The third-order valence-electron chi connectivity index (χ3n) is 4.90. The Labute approximate surface area is 148 Å². The monoisotopic (exact) mass is 344 g/mol. The minimum atomic E-state index is 0.103. The van der Waals surface area contributed by atoms with Crippen molar-refractivity contribution < 1.29 is 4.79 Å². The van der Waals surface area contributed by atoms with Crippen LogP contribution in [0.1, 0.15) is 31.9 Å². The predicted octanol–water partition coefficient (Wildman–Crippen LogP) is 1.72. The van der Waals surface area contributed by atoms with Gasteiger partial charge >= 0.3 is 0 Å². The van der Waals surface area contributed by atoms with Crippen molar-refractivity contribution in [2.45, 2.75) is 52.2 Å². The molecule has 0 atom stereocenters. The van der Waals surface area contributed by atoms with Gasteiger partial charge in [-0.25, -0.2) is 0 Å². The summed E-state index contributed by atoms with van der Waals surface area (Å²) in [5, 5.41) is 12.1. The molecule has 0 aliphatic carbocycles. The number of hydrogen-bond donors (Lipinski definition) is 1. The van der Waals surface area contributed by atoms with Crippen LogP contribution in [0.5, 0.6) is 0 Å². The molecule has 2 aromatic heterocycles. The summed E-state index contributed by atoms with van der Waals surface area (Å²) in [5.74, 6) is 0.103. The van der Waals surface area contributed by atoms with Crippen molar-refractivity contribution in [2.24, 2.45) is 0 Å². The summed E-state index contributed by atoms with van der Waals surface area (Å²) >= 11 is 0. The highest BCUT2D eigenvalue weighted by molar-refractivity contribution is 5.79. The molecule has 1 fully saturated rings. The Bertz CT molecular complexity index is 738. The van der Waals surface area contributed by atoms with Crippen molar-refractivity contribution in [3.05, 3.63) is 24.5 Å². The van der Waals surface area contributed by atoms with E-state index in [1.807, 2.05) is 28.6 Å². The molecule has 1 N–H and O–H groups in total. The fourth-order valence-corrected chi connectivity index (χ4v) is 3.58. The van der Waals surface area contributed by atoms with Gasteiger partial charge in [0.05, 0.1) is 18.4 Å². The van der Waals surface area contributed by atoms with Gasteiger partial charge in [0.15, 0.2) is 0 Å². The molecule has 2 aromatic rings. The molecular formula is C18H28N6O. The second-order valence-electron chi connectivity index (χ2n) is 6.68. The first-order chi connectivity index (χ1) is 12.1. The molecule has 3 rings (SSSR count). The van der Waals surface area contributed by atoms with E-state index in [9.17, 15) is 4.79 Å². The molecule has 7 nitrogen and oxygen atoms in total. The van der Waals surface area contributed by atoms with Gasteiger partial charge in [-0.15, -0.1) is 6.58 Å². The Morgan fingerprint density at radius 1 is 1.40 bits per heavy atom. The first-order valence-electron chi connectivity index (χ1n) is 9.14. The molecule has 1 saturated heterocycles. The average molecular weight is 344 g/mol. The van der Waals surface area contributed by atoms with Crippen LogP contribution in [0.15, 0.2) is 18.9 Å². The molecule has 25 heavy (non-hydrogen) atoms. The number of rotatable bonds is 7. The Morgan fingerprint density at radius 3 is 2.84 bits per heavy atom. The minimum absolute atomic E-state index is 0.103. The molecule has 1 amide bonds. The second-order valence-corrected chi connectivity index (χ2v) is 6.68. The quantitative estimate of drug-likeness (QED) is 0.777. The van der Waals surface area contributed by atoms with Crippen molar-refractivity contribution in [3.8, 4) is 0 Å². The van der Waals surface area contributed by atoms with Crippen molar-refractivity contribution in [1.29, 1.82) is 0 Å². The first-order valence-corrected chi connectivity index (χ1v) is 9.14. The molecule has 0 saturated carbocycles. The standard InChI is InChI=1S/C18H28N6O/c1-4-9-22-10-6-15(7-11-22)20-17(25)8-12-24-18-14(3)21-23(5-2)16(18)13-19-24/h4,13,15H,1,5-12H2,2-3H3,(H,20,25). The van der Waals surface area contributed by atoms with Crippen molar-refractivity contribution in [2.75, 3.05) is 19.6 Å². The molecule has 136 valence electrons. The zero-order valence-corrected chi connectivity index (χ0v) is 15.2. The van der Waals surface area contributed by atoms with Crippen LogP contribution >= 0.6 is 0 Å². The molecular weight excluding hydrogens is 316 g/mol. The van der Waals surface area contributed by atoms with E-state index in [1.165, 1.54) is 0 Å². The Hall–Kier alpha value is -2.15. The lowest BCUT2D eigenvalue weighted by atomic mass is 10.0. The highest BCUT2D eigenvalue weighted by atomic mass is 16.1. The summed E-state index contributed by atoms with van der Waals surface area (Å²) in [5.41, 5.74) is 3.03. The summed E-state index contributed by atoms with van der Waals surface area (Å²) < 4.78 is 3.85. The third kappa shape index (κ3) is 3.92. The Kier molecular flexibility index (Phi) is 5.53. The first kappa shape index (κ1) is 17.7. The van der Waals surface area contributed by atoms with Gasteiger partial charge in [0.2, 0.25) is 5.91 Å². The van der Waals surface area contributed by atoms with Crippen LogP contribution in [0.4, 0.5) is 0 Å². The minimum Gasteiger partial charge on any atom is -0.353 e. The number of nitrogens with one attached hydrogen (secondary N) is 1. The fraction of sp³-hybridized carbons (Fsp3) is 0.611. The highest BCUT2D eigenvalue weighted by Crippen LogP contribution is 2.18. The van der Waals surface area contributed by atoms with E-state index in [1.54, 1.807) is 0 Å². The molecule has 7 heteroatoms. The molecule has 0 aromatic carbocycles. The number of aryl methyl sites for hydroxylation is 3. The van der Waals surface area contributed by atoms with Gasteiger partial charge in [0.1, 0.15) is 11.0 Å². The lowest BCUT2D eigenvalue weighted by molar-refractivity contribution is -0.122. The van der Waals surface area contributed by atoms with E-state index in [4.69, 9.17) is 0 Å². The molecule has 1 aliphatic heterocycles. The normalized spacial score (nSPS) is 16.4. The number of carbonyl (C=O) groups excluding carboxylic acids is 1. The average Bonchev–Trinajstić information content (AvgIpc) is 3.16. The van der Waals surface area contributed by atoms with E-state index in [0.29, 0.717) is 13.0 Å². The number of piperidine rings is 1. The van der Waals surface area contributed by atoms with Gasteiger partial charge in [0, 0.05) is 38.6 Å². The predicted molar refractivity (Wildman–Crippen MR) is 98.3 cm³/mol. The third-order valence-corrected chi connectivity index (χ3v) is 4.90. The second kappa shape index (κ2) is 7.82. The molecule has 3 heterocycles. The highest BCUT2D eigenvalue weighted by Gasteiger charge is 2.20. The summed E-state index contributed by atoms with van der Waals surface area (Å²) in [4.78, 5) is 14.7. The van der Waals surface area contributed by atoms with E-state index in [2.05, 4.69) is 33.9 Å². The van der Waals surface area contributed by atoms with Crippen LogP contribution in [0.2, 0.25) is 0 Å². The van der Waals surface area contributed by atoms with E-state index in [0.717, 1.165) is 55.7 Å². The molecule has 0 bridgehead atoms. The van der Waals surface area contributed by atoms with Crippen LogP contribution in [-0.4, -0.2) is 56.0 Å². The lowest BCUT2D eigenvalue weighted by Crippen LogP contribution is -2.44. The topological polar surface area (TPSA) is 68.0 Å². The van der Waals surface area contributed by atoms with E-state index in [-0.39, 0.29) is 11.9 Å². The fourth-order valence-electron chi connectivity index (χ4n) is 3.58. The van der Waals surface area contributed by atoms with Crippen LogP contribution in [0.25, 0.3) is 11.0 Å². The number of amides is 1. The zero-order valence-electron chi connectivity index (χ0n) is 15.2. The SMILES string of the molecule is C=CCN1CCC(NC(=O)CCn2ncc3c2c(C)nn3CC)CC1. The van der Waals surface area contributed by atoms with Gasteiger partial charge in [-0.2, -0.15) is 10.2 Å². The van der Waals surface area contributed by atoms with Gasteiger partial charge in [-0.1, -0.05) is 6.08 Å². The number of fused-ring (bicyclic) bond motifs is 1. The maximum Gasteiger partial charge on any atom is 0.222 e. The summed E-state index contributed by atoms with van der Waals surface area (Å²) in [6.07, 6.45) is 6.24. The zero-order chi connectivity index (χ0) is 17.8. The summed E-state index contributed by atoms with van der Waals surface area (Å²) in [6, 6.07) is 0.288. The van der Waals surface area contributed by atoms with Gasteiger partial charge < -0.3 is 5.32 Å². The van der Waals surface area contributed by atoms with Crippen LogP contribution in [-0.2, 0) is 17.9 Å². The molecule has 0 spiro atoms. The summed E-state index contributed by atoms with van der Waals surface area (Å²) in [7, 11) is 0. The molecule has 0 radical (unpaired) electrons.